The van der Waals surface area contributed by atoms with Crippen LogP contribution in [0.15, 0.2) is 0 Å². The highest BCUT2D eigenvalue weighted by molar-refractivity contribution is 5.79. The second-order valence-corrected chi connectivity index (χ2v) is 6.08. The fourth-order valence-electron chi connectivity index (χ4n) is 3.35. The lowest BCUT2D eigenvalue weighted by molar-refractivity contribution is -0.127. The smallest absolute Gasteiger partial charge is 0.223 e. The van der Waals surface area contributed by atoms with Crippen molar-refractivity contribution in [3.63, 3.8) is 0 Å². The number of hydrogen-bond acceptors (Lipinski definition) is 3. The van der Waals surface area contributed by atoms with Crippen molar-refractivity contribution in [1.29, 1.82) is 0 Å². The predicted octanol–water partition coefficient (Wildman–Crippen LogP) is 0.962. The molecular formula is C14H27N3O. The molecule has 0 spiro atoms. The van der Waals surface area contributed by atoms with E-state index in [0.717, 1.165) is 45.3 Å². The molecular weight excluding hydrogens is 226 g/mol. The van der Waals surface area contributed by atoms with Crippen LogP contribution in [0.3, 0.4) is 0 Å². The molecule has 0 radical (unpaired) electrons. The number of amides is 1. The predicted molar refractivity (Wildman–Crippen MR) is 73.2 cm³/mol. The Kier molecular flexibility index (Phi) is 5.01. The summed E-state index contributed by atoms with van der Waals surface area (Å²) < 4.78 is 0. The quantitative estimate of drug-likeness (QED) is 0.788. The summed E-state index contributed by atoms with van der Waals surface area (Å²) >= 11 is 0. The number of carbonyl (C=O) groups is 1. The number of nitrogens with two attached hydrogens (primary N) is 1. The summed E-state index contributed by atoms with van der Waals surface area (Å²) in [5.74, 6) is 1.04. The number of likely N-dealkylation sites (tertiary alicyclic amines) is 1. The fourth-order valence-corrected chi connectivity index (χ4v) is 3.35. The summed E-state index contributed by atoms with van der Waals surface area (Å²) in [6.07, 6.45) is 6.72. The Morgan fingerprint density at radius 1 is 1.33 bits per heavy atom. The normalized spacial score (nSPS) is 34.2. The lowest BCUT2D eigenvalue weighted by atomic mass is 9.81. The first-order valence-electron chi connectivity index (χ1n) is 7.38. The topological polar surface area (TPSA) is 58.4 Å². The molecule has 1 heterocycles. The summed E-state index contributed by atoms with van der Waals surface area (Å²) in [5, 5.41) is 3.24. The number of piperidine rings is 1. The van der Waals surface area contributed by atoms with Crippen LogP contribution in [0.4, 0.5) is 0 Å². The van der Waals surface area contributed by atoms with Gasteiger partial charge >= 0.3 is 0 Å². The SMILES string of the molecule is CN1CCCC(NC(=O)C2CCCC(CN)C2)C1. The molecule has 18 heavy (non-hydrogen) atoms. The Labute approximate surface area is 110 Å². The highest BCUT2D eigenvalue weighted by atomic mass is 16.1. The molecule has 2 rings (SSSR count). The molecule has 0 aromatic rings. The van der Waals surface area contributed by atoms with E-state index in [1.165, 1.54) is 12.8 Å². The number of carbonyl (C=O) groups excluding carboxylic acids is 1. The molecule has 4 heteroatoms. The molecule has 0 aromatic carbocycles. The van der Waals surface area contributed by atoms with Gasteiger partial charge in [0.15, 0.2) is 0 Å². The summed E-state index contributed by atoms with van der Waals surface area (Å²) in [6.45, 7) is 2.89. The number of likely N-dealkylation sites (N-methyl/N-ethyl adjacent to an activating group) is 1. The van der Waals surface area contributed by atoms with Crippen molar-refractivity contribution in [3.8, 4) is 0 Å². The number of hydrogen-bond donors (Lipinski definition) is 2. The molecule has 3 unspecified atom stereocenters. The number of nitrogens with zero attached hydrogens (tertiary/aromatic N) is 1. The molecule has 104 valence electrons. The summed E-state index contributed by atoms with van der Waals surface area (Å²) in [4.78, 5) is 14.6. The Balaban J connectivity index is 1.79. The van der Waals surface area contributed by atoms with Gasteiger partial charge in [-0.1, -0.05) is 6.42 Å². The second-order valence-electron chi connectivity index (χ2n) is 6.08. The molecule has 4 nitrogen and oxygen atoms in total. The largest absolute Gasteiger partial charge is 0.352 e. The van der Waals surface area contributed by atoms with Gasteiger partial charge in [0.1, 0.15) is 0 Å². The first-order chi connectivity index (χ1) is 8.69. The lowest BCUT2D eigenvalue weighted by Gasteiger charge is -2.33. The highest BCUT2D eigenvalue weighted by Crippen LogP contribution is 2.28. The first-order valence-corrected chi connectivity index (χ1v) is 7.38. The van der Waals surface area contributed by atoms with Crippen LogP contribution in [-0.2, 0) is 4.79 Å². The van der Waals surface area contributed by atoms with E-state index in [-0.39, 0.29) is 11.8 Å². The van der Waals surface area contributed by atoms with E-state index in [1.807, 2.05) is 0 Å². The molecule has 0 bridgehead atoms. The van der Waals surface area contributed by atoms with E-state index >= 15 is 0 Å². The molecule has 3 N–H and O–H groups in total. The molecule has 2 aliphatic rings. The van der Waals surface area contributed by atoms with Crippen LogP contribution in [0.5, 0.6) is 0 Å². The van der Waals surface area contributed by atoms with E-state index in [0.29, 0.717) is 12.0 Å². The molecule has 3 atom stereocenters. The van der Waals surface area contributed by atoms with Gasteiger partial charge in [0.05, 0.1) is 0 Å². The fraction of sp³-hybridized carbons (Fsp3) is 0.929. The van der Waals surface area contributed by atoms with E-state index in [2.05, 4.69) is 17.3 Å². The van der Waals surface area contributed by atoms with Crippen molar-refractivity contribution in [3.05, 3.63) is 0 Å². The third kappa shape index (κ3) is 3.69. The van der Waals surface area contributed by atoms with Gasteiger partial charge in [0.25, 0.3) is 0 Å². The Morgan fingerprint density at radius 2 is 2.17 bits per heavy atom. The van der Waals surface area contributed by atoms with Crippen LogP contribution in [0.1, 0.15) is 38.5 Å². The van der Waals surface area contributed by atoms with Crippen LogP contribution < -0.4 is 11.1 Å². The third-order valence-electron chi connectivity index (χ3n) is 4.46. The number of rotatable bonds is 3. The van der Waals surface area contributed by atoms with Crippen LogP contribution in [0.25, 0.3) is 0 Å². The second kappa shape index (κ2) is 6.53. The van der Waals surface area contributed by atoms with Crippen molar-refractivity contribution < 1.29 is 4.79 Å². The number of nitrogens with one attached hydrogen (secondary N) is 1. The third-order valence-corrected chi connectivity index (χ3v) is 4.46. The Hall–Kier alpha value is -0.610. The van der Waals surface area contributed by atoms with Crippen molar-refractivity contribution >= 4 is 5.91 Å². The van der Waals surface area contributed by atoms with Crippen LogP contribution in [-0.4, -0.2) is 43.5 Å². The van der Waals surface area contributed by atoms with E-state index in [4.69, 9.17) is 5.73 Å². The van der Waals surface area contributed by atoms with Crippen molar-refractivity contribution in [1.82, 2.24) is 10.2 Å². The molecule has 1 aliphatic heterocycles. The minimum absolute atomic E-state index is 0.208. The zero-order chi connectivity index (χ0) is 13.0. The molecule has 1 saturated heterocycles. The Bertz CT molecular complexity index is 282. The standard InChI is InChI=1S/C14H27N3O/c1-17-7-3-6-13(10-17)16-14(18)12-5-2-4-11(8-12)9-15/h11-13H,2-10,15H2,1H3,(H,16,18). The maximum Gasteiger partial charge on any atom is 0.223 e. The average Bonchev–Trinajstić information content (AvgIpc) is 2.39. The summed E-state index contributed by atoms with van der Waals surface area (Å²) in [6, 6.07) is 0.356. The van der Waals surface area contributed by atoms with Gasteiger partial charge in [-0.3, -0.25) is 4.79 Å². The van der Waals surface area contributed by atoms with Gasteiger partial charge in [-0.15, -0.1) is 0 Å². The minimum atomic E-state index is 0.208. The van der Waals surface area contributed by atoms with Gasteiger partial charge in [-0.2, -0.15) is 0 Å². The Morgan fingerprint density at radius 3 is 2.89 bits per heavy atom. The lowest BCUT2D eigenvalue weighted by Crippen LogP contribution is -2.48. The molecule has 2 fully saturated rings. The van der Waals surface area contributed by atoms with Crippen molar-refractivity contribution in [2.24, 2.45) is 17.6 Å². The van der Waals surface area contributed by atoms with Crippen LogP contribution >= 0.6 is 0 Å². The van der Waals surface area contributed by atoms with E-state index < -0.39 is 0 Å². The summed E-state index contributed by atoms with van der Waals surface area (Å²) in [5.41, 5.74) is 5.73. The maximum absolute atomic E-state index is 12.3. The van der Waals surface area contributed by atoms with Crippen molar-refractivity contribution in [2.45, 2.75) is 44.6 Å². The molecule has 1 amide bonds. The maximum atomic E-state index is 12.3. The zero-order valence-electron chi connectivity index (χ0n) is 11.5. The van der Waals surface area contributed by atoms with Gasteiger partial charge in [-0.25, -0.2) is 0 Å². The molecule has 1 saturated carbocycles. The van der Waals surface area contributed by atoms with Crippen LogP contribution in [0.2, 0.25) is 0 Å². The van der Waals surface area contributed by atoms with E-state index in [9.17, 15) is 4.79 Å². The molecule has 0 aromatic heterocycles. The van der Waals surface area contributed by atoms with Crippen LogP contribution in [0, 0.1) is 11.8 Å². The van der Waals surface area contributed by atoms with Gasteiger partial charge in [-0.05, 0) is 58.2 Å². The minimum Gasteiger partial charge on any atom is -0.352 e. The first kappa shape index (κ1) is 13.8. The van der Waals surface area contributed by atoms with Gasteiger partial charge in [0, 0.05) is 18.5 Å². The van der Waals surface area contributed by atoms with E-state index in [1.54, 1.807) is 0 Å². The zero-order valence-corrected chi connectivity index (χ0v) is 11.5. The highest BCUT2D eigenvalue weighted by Gasteiger charge is 2.28. The van der Waals surface area contributed by atoms with Gasteiger partial charge in [0.2, 0.25) is 5.91 Å². The summed E-state index contributed by atoms with van der Waals surface area (Å²) in [7, 11) is 2.13. The monoisotopic (exact) mass is 253 g/mol. The van der Waals surface area contributed by atoms with Gasteiger partial charge < -0.3 is 16.0 Å². The molecule has 1 aliphatic carbocycles. The average molecular weight is 253 g/mol. The van der Waals surface area contributed by atoms with Crippen molar-refractivity contribution in [2.75, 3.05) is 26.7 Å².